The number of rotatable bonds is 1. The molecule has 1 aliphatic heterocycles. The highest BCUT2D eigenvalue weighted by Crippen LogP contribution is 2.52. The molecule has 0 bridgehead atoms. The van der Waals surface area contributed by atoms with Crippen LogP contribution in [0.3, 0.4) is 0 Å². The van der Waals surface area contributed by atoms with Crippen LogP contribution in [0.25, 0.3) is 0 Å². The van der Waals surface area contributed by atoms with Gasteiger partial charge in [-0.2, -0.15) is 13.2 Å². The maximum Gasteiger partial charge on any atom is 0.418 e. The Hall–Kier alpha value is -2.30. The molecular formula is C19H15F4N. The summed E-state index contributed by atoms with van der Waals surface area (Å²) in [6.45, 7) is 0. The fourth-order valence-corrected chi connectivity index (χ4v) is 3.86. The van der Waals surface area contributed by atoms with E-state index in [-0.39, 0.29) is 29.4 Å². The molecule has 2 aliphatic rings. The summed E-state index contributed by atoms with van der Waals surface area (Å²) < 4.78 is 53.4. The number of hydrogen-bond acceptors (Lipinski definition) is 1. The van der Waals surface area contributed by atoms with Gasteiger partial charge < -0.3 is 5.32 Å². The fourth-order valence-electron chi connectivity index (χ4n) is 3.86. The van der Waals surface area contributed by atoms with Gasteiger partial charge in [0.05, 0.1) is 17.3 Å². The highest BCUT2D eigenvalue weighted by atomic mass is 19.4. The first-order valence-electron chi connectivity index (χ1n) is 7.84. The fraction of sp³-hybridized carbons (Fsp3) is 0.263. The molecule has 1 heterocycles. The molecule has 3 atom stereocenters. The first-order chi connectivity index (χ1) is 11.4. The number of benzene rings is 2. The van der Waals surface area contributed by atoms with Crippen LogP contribution in [-0.4, -0.2) is 0 Å². The van der Waals surface area contributed by atoms with Gasteiger partial charge in [-0.1, -0.05) is 36.4 Å². The van der Waals surface area contributed by atoms with Crippen molar-refractivity contribution >= 4 is 5.69 Å². The number of nitrogens with one attached hydrogen (secondary N) is 1. The summed E-state index contributed by atoms with van der Waals surface area (Å²) in [6, 6.07) is 10.0. The summed E-state index contributed by atoms with van der Waals surface area (Å²) in [5.41, 5.74) is 0.984. The van der Waals surface area contributed by atoms with E-state index in [1.165, 1.54) is 18.2 Å². The molecule has 0 amide bonds. The smallest absolute Gasteiger partial charge is 0.377 e. The maximum atomic E-state index is 13.4. The van der Waals surface area contributed by atoms with E-state index in [0.29, 0.717) is 5.56 Å². The van der Waals surface area contributed by atoms with E-state index in [9.17, 15) is 17.6 Å². The Morgan fingerprint density at radius 2 is 1.75 bits per heavy atom. The number of alkyl halides is 3. The second-order valence-electron chi connectivity index (χ2n) is 6.29. The summed E-state index contributed by atoms with van der Waals surface area (Å²) in [6.07, 6.45) is 0.375. The maximum absolute atomic E-state index is 13.4. The van der Waals surface area contributed by atoms with Crippen molar-refractivity contribution in [2.24, 2.45) is 5.92 Å². The van der Waals surface area contributed by atoms with Gasteiger partial charge in [0.25, 0.3) is 0 Å². The zero-order chi connectivity index (χ0) is 16.9. The summed E-state index contributed by atoms with van der Waals surface area (Å²) in [4.78, 5) is 0. The third-order valence-electron chi connectivity index (χ3n) is 4.93. The first-order valence-corrected chi connectivity index (χ1v) is 7.84. The first kappa shape index (κ1) is 15.2. The van der Waals surface area contributed by atoms with Crippen molar-refractivity contribution in [1.29, 1.82) is 0 Å². The second-order valence-corrected chi connectivity index (χ2v) is 6.29. The van der Waals surface area contributed by atoms with E-state index >= 15 is 0 Å². The van der Waals surface area contributed by atoms with Crippen LogP contribution in [-0.2, 0) is 6.18 Å². The Balaban J connectivity index is 1.84. The Kier molecular flexibility index (Phi) is 3.41. The monoisotopic (exact) mass is 333 g/mol. The van der Waals surface area contributed by atoms with Gasteiger partial charge in [0.1, 0.15) is 5.82 Å². The number of halogens is 4. The van der Waals surface area contributed by atoms with Gasteiger partial charge in [-0.05, 0) is 41.7 Å². The molecule has 0 radical (unpaired) electrons. The molecule has 0 saturated heterocycles. The van der Waals surface area contributed by atoms with Crippen molar-refractivity contribution in [2.75, 3.05) is 5.32 Å². The molecular weight excluding hydrogens is 318 g/mol. The van der Waals surface area contributed by atoms with Gasteiger partial charge in [0.15, 0.2) is 0 Å². The Bertz CT molecular complexity index is 792. The minimum atomic E-state index is -4.42. The predicted octanol–water partition coefficient (Wildman–Crippen LogP) is 5.67. The number of fused-ring (bicyclic) bond motifs is 3. The zero-order valence-electron chi connectivity index (χ0n) is 12.6. The third-order valence-corrected chi connectivity index (χ3v) is 4.93. The number of allylic oxidation sites excluding steroid dienone is 2. The van der Waals surface area contributed by atoms with Gasteiger partial charge in [-0.15, -0.1) is 0 Å². The molecule has 0 fully saturated rings. The number of hydrogen-bond donors (Lipinski definition) is 1. The van der Waals surface area contributed by atoms with Crippen molar-refractivity contribution in [3.8, 4) is 0 Å². The summed E-state index contributed by atoms with van der Waals surface area (Å²) in [5, 5.41) is 3.10. The Morgan fingerprint density at radius 1 is 1.00 bits per heavy atom. The van der Waals surface area contributed by atoms with Crippen molar-refractivity contribution in [3.63, 3.8) is 0 Å². The van der Waals surface area contributed by atoms with E-state index < -0.39 is 11.7 Å². The van der Waals surface area contributed by atoms with Gasteiger partial charge >= 0.3 is 6.18 Å². The molecule has 0 unspecified atom stereocenters. The van der Waals surface area contributed by atoms with Crippen molar-refractivity contribution in [2.45, 2.75) is 24.6 Å². The van der Waals surface area contributed by atoms with E-state index in [1.807, 2.05) is 12.2 Å². The molecule has 4 rings (SSSR count). The summed E-state index contributed by atoms with van der Waals surface area (Å²) >= 11 is 0. The molecule has 1 nitrogen and oxygen atoms in total. The molecule has 2 aromatic carbocycles. The molecule has 2 aromatic rings. The van der Waals surface area contributed by atoms with E-state index in [4.69, 9.17) is 0 Å². The quantitative estimate of drug-likeness (QED) is 0.524. The molecule has 0 saturated carbocycles. The minimum absolute atomic E-state index is 0.0568. The van der Waals surface area contributed by atoms with Crippen LogP contribution in [0, 0.1) is 11.7 Å². The van der Waals surface area contributed by atoms with Crippen molar-refractivity contribution in [1.82, 2.24) is 0 Å². The van der Waals surface area contributed by atoms with Crippen LogP contribution >= 0.6 is 0 Å². The van der Waals surface area contributed by atoms with Crippen LogP contribution < -0.4 is 5.32 Å². The van der Waals surface area contributed by atoms with Crippen LogP contribution in [0.2, 0.25) is 0 Å². The summed E-state index contributed by atoms with van der Waals surface area (Å²) in [7, 11) is 0. The van der Waals surface area contributed by atoms with Gasteiger partial charge in [0.2, 0.25) is 0 Å². The largest absolute Gasteiger partial charge is 0.418 e. The standard InChI is InChI=1S/C19H15F4N/c20-12-9-7-11(8-10-12)17-14-4-1-3-13(14)15-5-2-6-16(18(15)24-17)19(21,22)23/h1-3,5-10,13-14,17,24H,4H2/t13-,14-,17+/m1/s1. The van der Waals surface area contributed by atoms with Gasteiger partial charge in [-0.25, -0.2) is 4.39 Å². The van der Waals surface area contributed by atoms with Crippen molar-refractivity contribution in [3.05, 3.63) is 77.1 Å². The molecule has 5 heteroatoms. The average molecular weight is 333 g/mol. The third kappa shape index (κ3) is 2.39. The minimum Gasteiger partial charge on any atom is -0.377 e. The number of anilines is 1. The SMILES string of the molecule is Fc1ccc([C@@H]2Nc3c(cccc3C(F)(F)F)[C@@H]3C=CC[C@H]32)cc1. The molecule has 1 N–H and O–H groups in total. The lowest BCUT2D eigenvalue weighted by atomic mass is 9.76. The molecule has 0 spiro atoms. The number of para-hydroxylation sites is 1. The van der Waals surface area contributed by atoms with Gasteiger partial charge in [-0.3, -0.25) is 0 Å². The Labute approximate surface area is 137 Å². The normalized spacial score (nSPS) is 25.1. The Morgan fingerprint density at radius 3 is 2.46 bits per heavy atom. The van der Waals surface area contributed by atoms with Gasteiger partial charge in [0, 0.05) is 5.92 Å². The summed E-state index contributed by atoms with van der Waals surface area (Å²) in [5.74, 6) is -0.280. The average Bonchev–Trinajstić information content (AvgIpc) is 3.03. The predicted molar refractivity (Wildman–Crippen MR) is 84.2 cm³/mol. The van der Waals surface area contributed by atoms with Crippen molar-refractivity contribution < 1.29 is 17.6 Å². The highest BCUT2D eigenvalue weighted by Gasteiger charge is 2.42. The van der Waals surface area contributed by atoms with Crippen LogP contribution in [0.1, 0.15) is 35.1 Å². The second kappa shape index (κ2) is 5.36. The molecule has 24 heavy (non-hydrogen) atoms. The molecule has 0 aromatic heterocycles. The van der Waals surface area contributed by atoms with E-state index in [2.05, 4.69) is 5.32 Å². The molecule has 1 aliphatic carbocycles. The lowest BCUT2D eigenvalue weighted by Gasteiger charge is -2.38. The zero-order valence-corrected chi connectivity index (χ0v) is 12.6. The topological polar surface area (TPSA) is 12.0 Å². The molecule has 124 valence electrons. The van der Waals surface area contributed by atoms with Crippen LogP contribution in [0.15, 0.2) is 54.6 Å². The van der Waals surface area contributed by atoms with Crippen LogP contribution in [0.5, 0.6) is 0 Å². The van der Waals surface area contributed by atoms with E-state index in [0.717, 1.165) is 18.1 Å². The van der Waals surface area contributed by atoms with Crippen LogP contribution in [0.4, 0.5) is 23.2 Å². The highest BCUT2D eigenvalue weighted by molar-refractivity contribution is 5.65. The lowest BCUT2D eigenvalue weighted by molar-refractivity contribution is -0.137. The van der Waals surface area contributed by atoms with E-state index in [1.54, 1.807) is 18.2 Å². The lowest BCUT2D eigenvalue weighted by Crippen LogP contribution is -2.30.